The van der Waals surface area contributed by atoms with Crippen molar-refractivity contribution in [3.05, 3.63) is 0 Å². The highest BCUT2D eigenvalue weighted by Crippen LogP contribution is 1.91. The molecule has 0 fully saturated rings. The number of hydrogen-bond donors (Lipinski definition) is 1. The first-order valence-electron chi connectivity index (χ1n) is 3.94. The number of carbonyl (C=O) groups excluding carboxylic acids is 1. The summed E-state index contributed by atoms with van der Waals surface area (Å²) < 4.78 is 4.71. The van der Waals surface area contributed by atoms with Gasteiger partial charge in [0.1, 0.15) is 6.61 Å². The van der Waals surface area contributed by atoms with Crippen LogP contribution in [0.3, 0.4) is 0 Å². The largest absolute Gasteiger partial charge is 0.377 e. The van der Waals surface area contributed by atoms with E-state index in [4.69, 9.17) is 4.74 Å². The van der Waals surface area contributed by atoms with E-state index in [-0.39, 0.29) is 18.4 Å². The maximum Gasteiger partial charge on any atom is 0.159 e. The number of methoxy groups -OCH3 is 1. The molecule has 0 heterocycles. The molecular formula is C8H17NO2. The molecule has 1 atom stereocenters. The van der Waals surface area contributed by atoms with Crippen LogP contribution in [-0.4, -0.2) is 32.1 Å². The molecule has 0 saturated carbocycles. The van der Waals surface area contributed by atoms with Gasteiger partial charge in [0.05, 0.1) is 0 Å². The highest BCUT2D eigenvalue weighted by molar-refractivity contribution is 5.80. The van der Waals surface area contributed by atoms with Crippen molar-refractivity contribution >= 4 is 5.78 Å². The molecule has 0 aliphatic heterocycles. The second-order valence-corrected chi connectivity index (χ2v) is 2.63. The van der Waals surface area contributed by atoms with Gasteiger partial charge in [-0.05, 0) is 13.5 Å². The number of nitrogens with one attached hydrogen (secondary N) is 1. The van der Waals surface area contributed by atoms with Crippen molar-refractivity contribution in [1.29, 1.82) is 0 Å². The van der Waals surface area contributed by atoms with Crippen molar-refractivity contribution < 1.29 is 9.53 Å². The normalized spacial score (nSPS) is 13.0. The molecule has 0 rings (SSSR count). The molecule has 0 aromatic heterocycles. The van der Waals surface area contributed by atoms with Crippen LogP contribution in [0, 0.1) is 0 Å². The van der Waals surface area contributed by atoms with Crippen LogP contribution in [0.1, 0.15) is 20.3 Å². The Morgan fingerprint density at radius 1 is 1.64 bits per heavy atom. The average molecular weight is 159 g/mol. The molecule has 0 amide bonds. The van der Waals surface area contributed by atoms with Crippen molar-refractivity contribution in [2.75, 3.05) is 20.3 Å². The minimum atomic E-state index is 0.154. The predicted octanol–water partition coefficient (Wildman–Crippen LogP) is 0.590. The zero-order valence-corrected chi connectivity index (χ0v) is 7.52. The van der Waals surface area contributed by atoms with Crippen molar-refractivity contribution in [2.24, 2.45) is 0 Å². The number of ketones is 1. The van der Waals surface area contributed by atoms with Gasteiger partial charge in [0.25, 0.3) is 0 Å². The Hall–Kier alpha value is -0.410. The first kappa shape index (κ1) is 10.6. The molecule has 11 heavy (non-hydrogen) atoms. The molecule has 1 N–H and O–H groups in total. The Bertz CT molecular complexity index is 115. The van der Waals surface area contributed by atoms with Crippen molar-refractivity contribution in [1.82, 2.24) is 5.32 Å². The highest BCUT2D eigenvalue weighted by atomic mass is 16.5. The van der Waals surface area contributed by atoms with Gasteiger partial charge in [-0.1, -0.05) is 6.92 Å². The molecule has 0 aromatic carbocycles. The van der Waals surface area contributed by atoms with Gasteiger partial charge in [-0.2, -0.15) is 0 Å². The fourth-order valence-electron chi connectivity index (χ4n) is 0.982. The molecule has 0 aliphatic carbocycles. The number of Topliss-reactive ketones (excluding diaryl/α,β-unsaturated/α-hetero) is 1. The number of carbonyl (C=O) groups is 1. The van der Waals surface area contributed by atoms with Crippen LogP contribution in [-0.2, 0) is 9.53 Å². The zero-order valence-electron chi connectivity index (χ0n) is 7.52. The Kier molecular flexibility index (Phi) is 6.07. The highest BCUT2D eigenvalue weighted by Gasteiger charge is 2.06. The third kappa shape index (κ3) is 6.01. The molecule has 3 nitrogen and oxygen atoms in total. The van der Waals surface area contributed by atoms with Gasteiger partial charge in [0.15, 0.2) is 5.78 Å². The molecular weight excluding hydrogens is 142 g/mol. The van der Waals surface area contributed by atoms with Gasteiger partial charge in [-0.25, -0.2) is 0 Å². The first-order valence-corrected chi connectivity index (χ1v) is 3.94. The van der Waals surface area contributed by atoms with E-state index in [1.807, 2.05) is 13.8 Å². The van der Waals surface area contributed by atoms with Crippen LogP contribution in [0.2, 0.25) is 0 Å². The van der Waals surface area contributed by atoms with Crippen molar-refractivity contribution in [3.8, 4) is 0 Å². The number of rotatable bonds is 6. The van der Waals surface area contributed by atoms with Crippen LogP contribution in [0.25, 0.3) is 0 Å². The molecule has 0 bridgehead atoms. The Balaban J connectivity index is 3.40. The van der Waals surface area contributed by atoms with Gasteiger partial charge in [-0.3, -0.25) is 4.79 Å². The fraction of sp³-hybridized carbons (Fsp3) is 0.875. The van der Waals surface area contributed by atoms with Crippen LogP contribution in [0.5, 0.6) is 0 Å². The lowest BCUT2D eigenvalue weighted by molar-refractivity contribution is -0.123. The second kappa shape index (κ2) is 6.31. The fourth-order valence-corrected chi connectivity index (χ4v) is 0.982. The third-order valence-corrected chi connectivity index (χ3v) is 1.39. The summed E-state index contributed by atoms with van der Waals surface area (Å²) in [4.78, 5) is 11.0. The standard InChI is InChI=1S/C8H17NO2/c1-4-9-7(2)5-8(10)6-11-3/h7,9H,4-6H2,1-3H3. The topological polar surface area (TPSA) is 38.3 Å². The smallest absolute Gasteiger partial charge is 0.159 e. The van der Waals surface area contributed by atoms with Crippen LogP contribution >= 0.6 is 0 Å². The first-order chi connectivity index (χ1) is 5.20. The predicted molar refractivity (Wildman–Crippen MR) is 44.6 cm³/mol. The SMILES string of the molecule is CCNC(C)CC(=O)COC. The molecule has 0 saturated heterocycles. The summed E-state index contributed by atoms with van der Waals surface area (Å²) in [5.41, 5.74) is 0. The molecule has 0 spiro atoms. The minimum Gasteiger partial charge on any atom is -0.377 e. The summed E-state index contributed by atoms with van der Waals surface area (Å²) in [7, 11) is 1.54. The quantitative estimate of drug-likeness (QED) is 0.616. The maximum atomic E-state index is 11.0. The van der Waals surface area contributed by atoms with Crippen LogP contribution < -0.4 is 5.32 Å². The molecule has 0 aromatic rings. The van der Waals surface area contributed by atoms with Crippen LogP contribution in [0.15, 0.2) is 0 Å². The summed E-state index contributed by atoms with van der Waals surface area (Å²) in [6.45, 7) is 5.16. The van der Waals surface area contributed by atoms with Gasteiger partial charge < -0.3 is 10.1 Å². The number of ether oxygens (including phenoxy) is 1. The van der Waals surface area contributed by atoms with Crippen LogP contribution in [0.4, 0.5) is 0 Å². The van der Waals surface area contributed by atoms with E-state index in [1.54, 1.807) is 0 Å². The van der Waals surface area contributed by atoms with E-state index in [1.165, 1.54) is 7.11 Å². The molecule has 3 heteroatoms. The van der Waals surface area contributed by atoms with Gasteiger partial charge >= 0.3 is 0 Å². The maximum absolute atomic E-state index is 11.0. The van der Waals surface area contributed by atoms with Gasteiger partial charge in [0, 0.05) is 19.6 Å². The van der Waals surface area contributed by atoms with E-state index in [9.17, 15) is 4.79 Å². The van der Waals surface area contributed by atoms with E-state index in [0.717, 1.165) is 6.54 Å². The number of hydrogen-bond acceptors (Lipinski definition) is 3. The van der Waals surface area contributed by atoms with Gasteiger partial charge in [-0.15, -0.1) is 0 Å². The Morgan fingerprint density at radius 3 is 2.73 bits per heavy atom. The zero-order chi connectivity index (χ0) is 8.69. The van der Waals surface area contributed by atoms with E-state index < -0.39 is 0 Å². The Labute approximate surface area is 68.1 Å². The summed E-state index contributed by atoms with van der Waals surface area (Å²) in [5.74, 6) is 0.154. The molecule has 0 aliphatic rings. The van der Waals surface area contributed by atoms with E-state index in [0.29, 0.717) is 6.42 Å². The summed E-state index contributed by atoms with van der Waals surface area (Å²) >= 11 is 0. The summed E-state index contributed by atoms with van der Waals surface area (Å²) in [6.07, 6.45) is 0.557. The lowest BCUT2D eigenvalue weighted by atomic mass is 10.2. The molecule has 0 radical (unpaired) electrons. The summed E-state index contributed by atoms with van der Waals surface area (Å²) in [6, 6.07) is 0.266. The lowest BCUT2D eigenvalue weighted by Gasteiger charge is -2.09. The Morgan fingerprint density at radius 2 is 2.27 bits per heavy atom. The second-order valence-electron chi connectivity index (χ2n) is 2.63. The van der Waals surface area contributed by atoms with Gasteiger partial charge in [0.2, 0.25) is 0 Å². The van der Waals surface area contributed by atoms with E-state index in [2.05, 4.69) is 5.32 Å². The average Bonchev–Trinajstić information content (AvgIpc) is 1.87. The van der Waals surface area contributed by atoms with E-state index >= 15 is 0 Å². The van der Waals surface area contributed by atoms with Crippen molar-refractivity contribution in [3.63, 3.8) is 0 Å². The van der Waals surface area contributed by atoms with Crippen molar-refractivity contribution in [2.45, 2.75) is 26.3 Å². The summed E-state index contributed by atoms with van der Waals surface area (Å²) in [5, 5.41) is 3.16. The molecule has 66 valence electrons. The monoisotopic (exact) mass is 159 g/mol. The lowest BCUT2D eigenvalue weighted by Crippen LogP contribution is -2.29. The minimum absolute atomic E-state index is 0.154. The molecule has 1 unspecified atom stereocenters. The third-order valence-electron chi connectivity index (χ3n) is 1.39.